The summed E-state index contributed by atoms with van der Waals surface area (Å²) in [4.78, 5) is 13.6. The van der Waals surface area contributed by atoms with Gasteiger partial charge < -0.3 is 5.73 Å². The fourth-order valence-corrected chi connectivity index (χ4v) is 3.21. The van der Waals surface area contributed by atoms with Crippen LogP contribution in [0, 0.1) is 0 Å². The van der Waals surface area contributed by atoms with Gasteiger partial charge in [-0.1, -0.05) is 6.42 Å². The summed E-state index contributed by atoms with van der Waals surface area (Å²) >= 11 is 0. The minimum atomic E-state index is 0.497. The van der Waals surface area contributed by atoms with Gasteiger partial charge in [-0.2, -0.15) is 0 Å². The first kappa shape index (κ1) is 12.8. The van der Waals surface area contributed by atoms with Crippen LogP contribution in [0.25, 0.3) is 0 Å². The van der Waals surface area contributed by atoms with Gasteiger partial charge in [0.15, 0.2) is 0 Å². The number of nitrogen functional groups attached to an aromatic ring is 1. The van der Waals surface area contributed by atoms with E-state index in [1.165, 1.54) is 51.9 Å². The topological polar surface area (TPSA) is 58.3 Å². The molecule has 19 heavy (non-hydrogen) atoms. The van der Waals surface area contributed by atoms with Crippen molar-refractivity contribution in [2.45, 2.75) is 38.3 Å². The molecule has 5 heteroatoms. The van der Waals surface area contributed by atoms with E-state index in [9.17, 15) is 0 Å². The molecule has 3 rings (SSSR count). The Balaban J connectivity index is 1.52. The van der Waals surface area contributed by atoms with Gasteiger partial charge in [0, 0.05) is 25.7 Å². The molecule has 2 saturated heterocycles. The van der Waals surface area contributed by atoms with Gasteiger partial charge in [-0.15, -0.1) is 0 Å². The van der Waals surface area contributed by atoms with Gasteiger partial charge in [0.05, 0.1) is 18.1 Å². The van der Waals surface area contributed by atoms with Crippen LogP contribution in [0.3, 0.4) is 0 Å². The van der Waals surface area contributed by atoms with E-state index in [4.69, 9.17) is 5.73 Å². The first-order chi connectivity index (χ1) is 9.31. The lowest BCUT2D eigenvalue weighted by molar-refractivity contribution is 0.161. The summed E-state index contributed by atoms with van der Waals surface area (Å²) in [6, 6.07) is 0.752. The van der Waals surface area contributed by atoms with Crippen LogP contribution in [0.5, 0.6) is 0 Å². The quantitative estimate of drug-likeness (QED) is 0.883. The molecular weight excluding hydrogens is 238 g/mol. The van der Waals surface area contributed by atoms with Crippen molar-refractivity contribution in [3.05, 3.63) is 18.1 Å². The van der Waals surface area contributed by atoms with Crippen molar-refractivity contribution in [1.82, 2.24) is 19.8 Å². The summed E-state index contributed by atoms with van der Waals surface area (Å²) < 4.78 is 0. The smallest absolute Gasteiger partial charge is 0.141 e. The zero-order valence-corrected chi connectivity index (χ0v) is 11.5. The van der Waals surface area contributed by atoms with Gasteiger partial charge in [-0.25, -0.2) is 4.98 Å². The van der Waals surface area contributed by atoms with E-state index in [1.807, 2.05) is 0 Å². The molecule has 1 aromatic heterocycles. The zero-order chi connectivity index (χ0) is 13.1. The number of anilines is 1. The molecule has 2 aliphatic heterocycles. The normalized spacial score (nSPS) is 25.8. The molecular formula is C14H23N5. The maximum atomic E-state index is 5.56. The van der Waals surface area contributed by atoms with E-state index in [2.05, 4.69) is 19.8 Å². The molecule has 2 N–H and O–H groups in total. The summed E-state index contributed by atoms with van der Waals surface area (Å²) in [5.41, 5.74) is 6.58. The van der Waals surface area contributed by atoms with Gasteiger partial charge >= 0.3 is 0 Å². The Morgan fingerprint density at radius 1 is 1.11 bits per heavy atom. The molecule has 0 spiro atoms. The lowest BCUT2D eigenvalue weighted by Gasteiger charge is -2.32. The first-order valence-corrected chi connectivity index (χ1v) is 7.34. The Morgan fingerprint density at radius 2 is 1.95 bits per heavy atom. The van der Waals surface area contributed by atoms with E-state index >= 15 is 0 Å². The standard InChI is InChI=1S/C14H23N5/c15-14-9-16-12(8-17-14)10-18-7-4-13(11-18)19-5-2-1-3-6-19/h8-9,13H,1-7,10-11H2,(H2,15,17). The SMILES string of the molecule is Nc1cnc(CN2CCC(N3CCCCC3)C2)cn1. The summed E-state index contributed by atoms with van der Waals surface area (Å²) in [7, 11) is 0. The fourth-order valence-electron chi connectivity index (χ4n) is 3.21. The highest BCUT2D eigenvalue weighted by Crippen LogP contribution is 2.21. The average molecular weight is 261 g/mol. The molecule has 5 nitrogen and oxygen atoms in total. The number of aromatic nitrogens is 2. The van der Waals surface area contributed by atoms with Gasteiger partial charge in [-0.05, 0) is 32.4 Å². The summed E-state index contributed by atoms with van der Waals surface area (Å²) in [6.45, 7) is 5.83. The number of hydrogen-bond acceptors (Lipinski definition) is 5. The van der Waals surface area contributed by atoms with Crippen molar-refractivity contribution >= 4 is 5.82 Å². The third kappa shape index (κ3) is 3.22. The first-order valence-electron chi connectivity index (χ1n) is 7.34. The fraction of sp³-hybridized carbons (Fsp3) is 0.714. The van der Waals surface area contributed by atoms with Crippen molar-refractivity contribution in [1.29, 1.82) is 0 Å². The van der Waals surface area contributed by atoms with E-state index in [0.717, 1.165) is 18.3 Å². The van der Waals surface area contributed by atoms with E-state index in [1.54, 1.807) is 12.4 Å². The van der Waals surface area contributed by atoms with E-state index < -0.39 is 0 Å². The Hall–Kier alpha value is -1.20. The van der Waals surface area contributed by atoms with Gasteiger partial charge in [0.25, 0.3) is 0 Å². The molecule has 0 amide bonds. The third-order valence-corrected chi connectivity index (χ3v) is 4.27. The minimum absolute atomic E-state index is 0.497. The number of hydrogen-bond donors (Lipinski definition) is 1. The predicted molar refractivity (Wildman–Crippen MR) is 75.6 cm³/mol. The lowest BCUT2D eigenvalue weighted by Crippen LogP contribution is -2.40. The van der Waals surface area contributed by atoms with E-state index in [-0.39, 0.29) is 0 Å². The average Bonchev–Trinajstić information content (AvgIpc) is 2.91. The van der Waals surface area contributed by atoms with Crippen LogP contribution in [0.4, 0.5) is 5.82 Å². The second-order valence-corrected chi connectivity index (χ2v) is 5.71. The van der Waals surface area contributed by atoms with Crippen LogP contribution >= 0.6 is 0 Å². The highest BCUT2D eigenvalue weighted by Gasteiger charge is 2.28. The molecule has 104 valence electrons. The number of piperidine rings is 1. The predicted octanol–water partition coefficient (Wildman–Crippen LogP) is 1.12. The number of nitrogens with two attached hydrogens (primary N) is 1. The van der Waals surface area contributed by atoms with Crippen molar-refractivity contribution < 1.29 is 0 Å². The van der Waals surface area contributed by atoms with Crippen molar-refractivity contribution in [3.63, 3.8) is 0 Å². The summed E-state index contributed by atoms with van der Waals surface area (Å²) in [6.07, 6.45) is 8.90. The summed E-state index contributed by atoms with van der Waals surface area (Å²) in [5.74, 6) is 0.497. The Bertz CT molecular complexity index is 399. The minimum Gasteiger partial charge on any atom is -0.382 e. The molecule has 3 heterocycles. The number of likely N-dealkylation sites (tertiary alicyclic amines) is 2. The Kier molecular flexibility index (Phi) is 3.94. The second-order valence-electron chi connectivity index (χ2n) is 5.71. The molecule has 0 saturated carbocycles. The largest absolute Gasteiger partial charge is 0.382 e. The number of nitrogens with zero attached hydrogens (tertiary/aromatic N) is 4. The highest BCUT2D eigenvalue weighted by atomic mass is 15.3. The maximum absolute atomic E-state index is 5.56. The van der Waals surface area contributed by atoms with Gasteiger partial charge in [0.1, 0.15) is 5.82 Å². The Morgan fingerprint density at radius 3 is 2.68 bits per heavy atom. The summed E-state index contributed by atoms with van der Waals surface area (Å²) in [5, 5.41) is 0. The van der Waals surface area contributed by atoms with Crippen molar-refractivity contribution in [2.75, 3.05) is 31.9 Å². The molecule has 0 aliphatic carbocycles. The van der Waals surface area contributed by atoms with Crippen LogP contribution in [0.2, 0.25) is 0 Å². The Labute approximate surface area is 114 Å². The third-order valence-electron chi connectivity index (χ3n) is 4.27. The molecule has 0 bridgehead atoms. The molecule has 1 aromatic rings. The maximum Gasteiger partial charge on any atom is 0.141 e. The zero-order valence-electron chi connectivity index (χ0n) is 11.5. The monoisotopic (exact) mass is 261 g/mol. The molecule has 2 fully saturated rings. The lowest BCUT2D eigenvalue weighted by atomic mass is 10.1. The van der Waals surface area contributed by atoms with Crippen LogP contribution in [0.1, 0.15) is 31.4 Å². The molecule has 0 aromatic carbocycles. The van der Waals surface area contributed by atoms with E-state index in [0.29, 0.717) is 5.82 Å². The molecule has 0 radical (unpaired) electrons. The van der Waals surface area contributed by atoms with Crippen LogP contribution in [0.15, 0.2) is 12.4 Å². The van der Waals surface area contributed by atoms with Crippen molar-refractivity contribution in [3.8, 4) is 0 Å². The number of rotatable bonds is 3. The van der Waals surface area contributed by atoms with Crippen LogP contribution in [-0.4, -0.2) is 52.0 Å². The highest BCUT2D eigenvalue weighted by molar-refractivity contribution is 5.22. The van der Waals surface area contributed by atoms with Crippen LogP contribution < -0.4 is 5.73 Å². The van der Waals surface area contributed by atoms with Gasteiger partial charge in [-0.3, -0.25) is 14.8 Å². The molecule has 1 unspecified atom stereocenters. The van der Waals surface area contributed by atoms with Crippen LogP contribution in [-0.2, 0) is 6.54 Å². The van der Waals surface area contributed by atoms with Gasteiger partial charge in [0.2, 0.25) is 0 Å². The second kappa shape index (κ2) is 5.84. The molecule has 2 aliphatic rings. The van der Waals surface area contributed by atoms with Crippen molar-refractivity contribution in [2.24, 2.45) is 0 Å². The molecule has 1 atom stereocenters.